The van der Waals surface area contributed by atoms with Gasteiger partial charge < -0.3 is 5.32 Å². The number of halogens is 2. The number of amides is 1. The van der Waals surface area contributed by atoms with E-state index in [0.29, 0.717) is 17.1 Å². The Labute approximate surface area is 129 Å². The maximum atomic E-state index is 12.1. The molecule has 0 aliphatic carbocycles. The Morgan fingerprint density at radius 1 is 1.58 bits per heavy atom. The Balaban J connectivity index is 2.00. The summed E-state index contributed by atoms with van der Waals surface area (Å²) in [5, 5.41) is 6.39. The molecule has 100 valence electrons. The zero-order valence-corrected chi connectivity index (χ0v) is 13.3. The van der Waals surface area contributed by atoms with Crippen LogP contribution >= 0.6 is 38.9 Å². The van der Waals surface area contributed by atoms with Crippen molar-refractivity contribution in [3.05, 3.63) is 49.8 Å². The second-order valence-electron chi connectivity index (χ2n) is 4.11. The van der Waals surface area contributed by atoms with Crippen molar-refractivity contribution in [2.24, 2.45) is 0 Å². The summed E-state index contributed by atoms with van der Waals surface area (Å²) in [6, 6.07) is 5.15. The summed E-state index contributed by atoms with van der Waals surface area (Å²) in [5.74, 6) is 0.0553. The van der Waals surface area contributed by atoms with E-state index in [9.17, 15) is 4.79 Å². The number of carbonyl (C=O) groups excluding carboxylic acids is 1. The third-order valence-corrected chi connectivity index (χ3v) is 4.55. The highest BCUT2D eigenvalue weighted by atomic mass is 79.9. The number of hydrogen-bond donors (Lipinski definition) is 1. The standard InChI is InChI=1S/C13H12BrClN2OS/c1-8(13-16-4-5-19-13)7-17-12(18)10-6-9(15)2-3-11(10)14/h2-6,8H,7H2,1H3,(H,17,18). The summed E-state index contributed by atoms with van der Waals surface area (Å²) in [6.07, 6.45) is 1.77. The van der Waals surface area contributed by atoms with Crippen molar-refractivity contribution in [2.45, 2.75) is 12.8 Å². The molecule has 0 radical (unpaired) electrons. The largest absolute Gasteiger partial charge is 0.351 e. The summed E-state index contributed by atoms with van der Waals surface area (Å²) in [5.41, 5.74) is 0.541. The van der Waals surface area contributed by atoms with Gasteiger partial charge in [0.1, 0.15) is 0 Å². The van der Waals surface area contributed by atoms with E-state index in [2.05, 4.69) is 26.2 Å². The van der Waals surface area contributed by atoms with Gasteiger partial charge in [-0.1, -0.05) is 18.5 Å². The Bertz CT molecular complexity index is 574. The molecule has 6 heteroatoms. The van der Waals surface area contributed by atoms with Gasteiger partial charge in [0, 0.05) is 33.5 Å². The minimum Gasteiger partial charge on any atom is -0.351 e. The highest BCUT2D eigenvalue weighted by molar-refractivity contribution is 9.10. The van der Waals surface area contributed by atoms with Crippen molar-refractivity contribution >= 4 is 44.8 Å². The van der Waals surface area contributed by atoms with Crippen LogP contribution in [0.15, 0.2) is 34.2 Å². The van der Waals surface area contributed by atoms with Gasteiger partial charge in [-0.3, -0.25) is 4.79 Å². The molecule has 2 aromatic rings. The minimum atomic E-state index is -0.141. The lowest BCUT2D eigenvalue weighted by atomic mass is 10.1. The van der Waals surface area contributed by atoms with Gasteiger partial charge in [0.05, 0.1) is 10.6 Å². The van der Waals surface area contributed by atoms with E-state index in [1.165, 1.54) is 0 Å². The van der Waals surface area contributed by atoms with Gasteiger partial charge in [-0.25, -0.2) is 4.98 Å². The van der Waals surface area contributed by atoms with Crippen molar-refractivity contribution in [1.82, 2.24) is 10.3 Å². The fourth-order valence-corrected chi connectivity index (χ4v) is 2.87. The molecule has 1 atom stereocenters. The van der Waals surface area contributed by atoms with Gasteiger partial charge >= 0.3 is 0 Å². The Morgan fingerprint density at radius 3 is 3.05 bits per heavy atom. The highest BCUT2D eigenvalue weighted by Gasteiger charge is 2.13. The molecule has 0 fully saturated rings. The quantitative estimate of drug-likeness (QED) is 0.893. The summed E-state index contributed by atoms with van der Waals surface area (Å²) < 4.78 is 0.733. The molecular weight excluding hydrogens is 348 g/mol. The van der Waals surface area contributed by atoms with Crippen LogP contribution in [0.3, 0.4) is 0 Å². The zero-order valence-electron chi connectivity index (χ0n) is 10.2. The number of benzene rings is 1. The van der Waals surface area contributed by atoms with Gasteiger partial charge in [0.2, 0.25) is 0 Å². The number of aromatic nitrogens is 1. The molecule has 0 saturated heterocycles. The minimum absolute atomic E-state index is 0.141. The maximum Gasteiger partial charge on any atom is 0.252 e. The van der Waals surface area contributed by atoms with Crippen molar-refractivity contribution in [1.29, 1.82) is 0 Å². The van der Waals surface area contributed by atoms with E-state index < -0.39 is 0 Å². The van der Waals surface area contributed by atoms with E-state index in [1.807, 2.05) is 12.3 Å². The number of rotatable bonds is 4. The second kappa shape index (κ2) is 6.50. The molecule has 1 aromatic heterocycles. The first-order valence-electron chi connectivity index (χ1n) is 5.70. The molecule has 0 aliphatic heterocycles. The first kappa shape index (κ1) is 14.5. The molecule has 3 nitrogen and oxygen atoms in total. The van der Waals surface area contributed by atoms with E-state index in [-0.39, 0.29) is 11.8 Å². The molecule has 0 bridgehead atoms. The molecule has 0 saturated carbocycles. The van der Waals surface area contributed by atoms with E-state index in [1.54, 1.807) is 35.7 Å². The molecule has 0 aliphatic rings. The molecule has 2 rings (SSSR count). The van der Waals surface area contributed by atoms with Crippen LogP contribution in [0.1, 0.15) is 28.2 Å². The van der Waals surface area contributed by atoms with Crippen molar-refractivity contribution in [2.75, 3.05) is 6.54 Å². The highest BCUT2D eigenvalue weighted by Crippen LogP contribution is 2.21. The molecule has 1 amide bonds. The normalized spacial score (nSPS) is 12.2. The van der Waals surface area contributed by atoms with Crippen LogP contribution in [0, 0.1) is 0 Å². The Hall–Kier alpha value is -0.910. The molecule has 1 N–H and O–H groups in total. The topological polar surface area (TPSA) is 42.0 Å². The average Bonchev–Trinajstić information content (AvgIpc) is 2.92. The van der Waals surface area contributed by atoms with Crippen molar-refractivity contribution in [3.8, 4) is 0 Å². The lowest BCUT2D eigenvalue weighted by molar-refractivity contribution is 0.0951. The van der Waals surface area contributed by atoms with E-state index >= 15 is 0 Å². The zero-order chi connectivity index (χ0) is 13.8. The fraction of sp³-hybridized carbons (Fsp3) is 0.231. The van der Waals surface area contributed by atoms with Gasteiger partial charge in [0.15, 0.2) is 0 Å². The fourth-order valence-electron chi connectivity index (χ4n) is 1.58. The Morgan fingerprint density at radius 2 is 2.37 bits per heavy atom. The second-order valence-corrected chi connectivity index (χ2v) is 6.32. The third kappa shape index (κ3) is 3.78. The van der Waals surface area contributed by atoms with Gasteiger partial charge in [-0.2, -0.15) is 0 Å². The number of carbonyl (C=O) groups is 1. The van der Waals surface area contributed by atoms with Gasteiger partial charge in [-0.15, -0.1) is 11.3 Å². The van der Waals surface area contributed by atoms with Crippen LogP contribution < -0.4 is 5.32 Å². The van der Waals surface area contributed by atoms with E-state index in [0.717, 1.165) is 9.48 Å². The third-order valence-electron chi connectivity index (χ3n) is 2.61. The van der Waals surface area contributed by atoms with Crippen molar-refractivity contribution < 1.29 is 4.79 Å². The molecule has 1 unspecified atom stereocenters. The lowest BCUT2D eigenvalue weighted by Gasteiger charge is -2.11. The first-order chi connectivity index (χ1) is 9.08. The van der Waals surface area contributed by atoms with Gasteiger partial charge in [-0.05, 0) is 34.1 Å². The van der Waals surface area contributed by atoms with Crippen LogP contribution in [0.4, 0.5) is 0 Å². The predicted octanol–water partition coefficient (Wildman–Crippen LogP) is 4.09. The first-order valence-corrected chi connectivity index (χ1v) is 7.75. The summed E-state index contributed by atoms with van der Waals surface area (Å²) >= 11 is 10.8. The van der Waals surface area contributed by atoms with Crippen LogP contribution in [0.25, 0.3) is 0 Å². The van der Waals surface area contributed by atoms with Crippen molar-refractivity contribution in [3.63, 3.8) is 0 Å². The average molecular weight is 360 g/mol. The summed E-state index contributed by atoms with van der Waals surface area (Å²) in [7, 11) is 0. The van der Waals surface area contributed by atoms with Crippen LogP contribution in [-0.2, 0) is 0 Å². The molecule has 19 heavy (non-hydrogen) atoms. The summed E-state index contributed by atoms with van der Waals surface area (Å²) in [6.45, 7) is 2.58. The van der Waals surface area contributed by atoms with Crippen LogP contribution in [0.5, 0.6) is 0 Å². The van der Waals surface area contributed by atoms with Crippen LogP contribution in [0.2, 0.25) is 5.02 Å². The lowest BCUT2D eigenvalue weighted by Crippen LogP contribution is -2.27. The summed E-state index contributed by atoms with van der Waals surface area (Å²) in [4.78, 5) is 16.3. The monoisotopic (exact) mass is 358 g/mol. The number of nitrogens with one attached hydrogen (secondary N) is 1. The number of hydrogen-bond acceptors (Lipinski definition) is 3. The predicted molar refractivity (Wildman–Crippen MR) is 82.0 cm³/mol. The SMILES string of the molecule is CC(CNC(=O)c1cc(Cl)ccc1Br)c1nccs1. The molecular formula is C13H12BrClN2OS. The molecule has 1 heterocycles. The molecule has 1 aromatic carbocycles. The number of nitrogens with zero attached hydrogens (tertiary/aromatic N) is 1. The van der Waals surface area contributed by atoms with Gasteiger partial charge in [0.25, 0.3) is 5.91 Å². The smallest absolute Gasteiger partial charge is 0.252 e. The molecule has 0 spiro atoms. The maximum absolute atomic E-state index is 12.1. The van der Waals surface area contributed by atoms with Crippen LogP contribution in [-0.4, -0.2) is 17.4 Å². The van der Waals surface area contributed by atoms with E-state index in [4.69, 9.17) is 11.6 Å². The Kier molecular flexibility index (Phi) is 4.96. The number of thiazole rings is 1.